The summed E-state index contributed by atoms with van der Waals surface area (Å²) in [4.78, 5) is 14.6. The Labute approximate surface area is 147 Å². The second-order valence-corrected chi connectivity index (χ2v) is 8.17. The first-order chi connectivity index (χ1) is 10.6. The number of benzene rings is 1. The number of hydrogen-bond acceptors (Lipinski definition) is 3. The van der Waals surface area contributed by atoms with Crippen LogP contribution in [0, 0.1) is 5.92 Å². The molecule has 5 heteroatoms. The fourth-order valence-corrected chi connectivity index (χ4v) is 3.50. The van der Waals surface area contributed by atoms with Crippen molar-refractivity contribution in [3.8, 4) is 5.75 Å². The van der Waals surface area contributed by atoms with Crippen LogP contribution in [0.4, 0.5) is 10.5 Å². The minimum atomic E-state index is -0.518. The molecule has 1 aromatic rings. The Bertz CT molecular complexity index is 593. The van der Waals surface area contributed by atoms with Gasteiger partial charge in [0.15, 0.2) is 0 Å². The summed E-state index contributed by atoms with van der Waals surface area (Å²) < 4.78 is 12.0. The van der Waals surface area contributed by atoms with Crippen LogP contribution < -0.4 is 9.64 Å². The normalized spacial score (nSPS) is 17.9. The van der Waals surface area contributed by atoms with Crippen molar-refractivity contribution in [1.29, 1.82) is 0 Å². The first kappa shape index (κ1) is 18.1. The number of carbonyl (C=O) groups is 1. The predicted octanol–water partition coefficient (Wildman–Crippen LogP) is 5.17. The molecule has 1 aromatic carbocycles. The Morgan fingerprint density at radius 2 is 2.00 bits per heavy atom. The molecule has 0 spiro atoms. The van der Waals surface area contributed by atoms with Gasteiger partial charge in [0.2, 0.25) is 0 Å². The quantitative estimate of drug-likeness (QED) is 0.706. The Balaban J connectivity index is 2.49. The van der Waals surface area contributed by atoms with Gasteiger partial charge in [-0.2, -0.15) is 0 Å². The molecule has 1 unspecified atom stereocenters. The summed E-state index contributed by atoms with van der Waals surface area (Å²) >= 11 is 3.53. The monoisotopic (exact) mass is 383 g/mol. The highest BCUT2D eigenvalue weighted by molar-refractivity contribution is 9.10. The molecule has 1 aliphatic heterocycles. The second kappa shape index (κ2) is 6.71. The number of ether oxygens (including phenoxy) is 2. The molecule has 1 atom stereocenters. The minimum absolute atomic E-state index is 0.128. The Morgan fingerprint density at radius 3 is 2.52 bits per heavy atom. The van der Waals surface area contributed by atoms with E-state index in [9.17, 15) is 4.79 Å². The van der Waals surface area contributed by atoms with E-state index in [2.05, 4.69) is 29.8 Å². The third kappa shape index (κ3) is 4.00. The van der Waals surface area contributed by atoms with Crippen molar-refractivity contribution in [2.24, 2.45) is 5.92 Å². The van der Waals surface area contributed by atoms with Crippen molar-refractivity contribution in [3.63, 3.8) is 0 Å². The zero-order chi connectivity index (χ0) is 17.4. The topological polar surface area (TPSA) is 38.8 Å². The summed E-state index contributed by atoms with van der Waals surface area (Å²) in [5.41, 5.74) is 1.51. The van der Waals surface area contributed by atoms with E-state index in [1.165, 1.54) is 0 Å². The van der Waals surface area contributed by atoms with Crippen LogP contribution in [0.1, 0.15) is 46.6 Å². The van der Waals surface area contributed by atoms with Crippen molar-refractivity contribution in [3.05, 3.63) is 22.2 Å². The standard InChI is InChI=1S/C18H26BrNO3/c1-11(2)14-8-7-12-9-13(19)16(22-6)10-15(12)20(14)17(21)23-18(3,4)5/h9-11,14H,7-8H2,1-6H3. The maximum atomic E-state index is 12.8. The van der Waals surface area contributed by atoms with E-state index >= 15 is 0 Å². The lowest BCUT2D eigenvalue weighted by Gasteiger charge is -2.40. The summed E-state index contributed by atoms with van der Waals surface area (Å²) in [7, 11) is 1.63. The number of rotatable bonds is 2. The molecule has 0 aliphatic carbocycles. The number of anilines is 1. The Morgan fingerprint density at radius 1 is 1.35 bits per heavy atom. The zero-order valence-corrected chi connectivity index (χ0v) is 16.4. The van der Waals surface area contributed by atoms with Gasteiger partial charge in [-0.15, -0.1) is 0 Å². The number of carbonyl (C=O) groups excluding carboxylic acids is 1. The van der Waals surface area contributed by atoms with Crippen LogP contribution >= 0.6 is 15.9 Å². The number of hydrogen-bond donors (Lipinski definition) is 0. The summed E-state index contributed by atoms with van der Waals surface area (Å²) in [6.45, 7) is 9.96. The second-order valence-electron chi connectivity index (χ2n) is 7.32. The molecule has 0 aromatic heterocycles. The van der Waals surface area contributed by atoms with Crippen LogP contribution in [0.25, 0.3) is 0 Å². The van der Waals surface area contributed by atoms with E-state index in [0.29, 0.717) is 5.92 Å². The number of nitrogens with zero attached hydrogens (tertiary/aromatic N) is 1. The predicted molar refractivity (Wildman–Crippen MR) is 96.4 cm³/mol. The van der Waals surface area contributed by atoms with E-state index in [-0.39, 0.29) is 12.1 Å². The zero-order valence-electron chi connectivity index (χ0n) is 14.8. The van der Waals surface area contributed by atoms with Crippen LogP contribution in [0.2, 0.25) is 0 Å². The van der Waals surface area contributed by atoms with Crippen molar-refractivity contribution < 1.29 is 14.3 Å². The molecule has 1 heterocycles. The Kier molecular flexibility index (Phi) is 5.29. The van der Waals surface area contributed by atoms with Crippen LogP contribution in [0.15, 0.2) is 16.6 Å². The number of fused-ring (bicyclic) bond motifs is 1. The fourth-order valence-electron chi connectivity index (χ4n) is 2.95. The number of amides is 1. The van der Waals surface area contributed by atoms with Gasteiger partial charge in [0, 0.05) is 12.1 Å². The smallest absolute Gasteiger partial charge is 0.415 e. The fraction of sp³-hybridized carbons (Fsp3) is 0.611. The van der Waals surface area contributed by atoms with Crippen molar-refractivity contribution in [2.45, 2.75) is 59.1 Å². The van der Waals surface area contributed by atoms with Crippen LogP contribution in [-0.2, 0) is 11.2 Å². The molecule has 4 nitrogen and oxygen atoms in total. The number of methoxy groups -OCH3 is 1. The highest BCUT2D eigenvalue weighted by Crippen LogP contribution is 2.40. The number of halogens is 1. The first-order valence-corrected chi connectivity index (χ1v) is 8.82. The van der Waals surface area contributed by atoms with Gasteiger partial charge in [-0.1, -0.05) is 13.8 Å². The van der Waals surface area contributed by atoms with Gasteiger partial charge in [-0.3, -0.25) is 4.90 Å². The largest absolute Gasteiger partial charge is 0.495 e. The molecule has 0 saturated carbocycles. The number of aryl methyl sites for hydroxylation is 1. The van der Waals surface area contributed by atoms with Gasteiger partial charge >= 0.3 is 6.09 Å². The van der Waals surface area contributed by atoms with Gasteiger partial charge in [0.05, 0.1) is 17.3 Å². The molecule has 23 heavy (non-hydrogen) atoms. The highest BCUT2D eigenvalue weighted by Gasteiger charge is 2.36. The maximum Gasteiger partial charge on any atom is 0.415 e. The summed E-state index contributed by atoms with van der Waals surface area (Å²) in [6, 6.07) is 4.10. The maximum absolute atomic E-state index is 12.8. The van der Waals surface area contributed by atoms with E-state index in [1.807, 2.05) is 37.8 Å². The average molecular weight is 384 g/mol. The van der Waals surface area contributed by atoms with Gasteiger partial charge in [-0.05, 0) is 67.1 Å². The summed E-state index contributed by atoms with van der Waals surface area (Å²) in [5, 5.41) is 0. The Hall–Kier alpha value is -1.23. The van der Waals surface area contributed by atoms with Crippen LogP contribution in [0.5, 0.6) is 5.75 Å². The third-order valence-electron chi connectivity index (χ3n) is 4.01. The summed E-state index contributed by atoms with van der Waals surface area (Å²) in [5.74, 6) is 1.08. The SMILES string of the molecule is COc1cc2c(cc1Br)CCC(C(C)C)N2C(=O)OC(C)(C)C. The minimum Gasteiger partial charge on any atom is -0.495 e. The molecule has 1 amide bonds. The average Bonchev–Trinajstić information content (AvgIpc) is 2.43. The van der Waals surface area contributed by atoms with E-state index in [4.69, 9.17) is 9.47 Å². The molecule has 2 rings (SSSR count). The lowest BCUT2D eigenvalue weighted by Crippen LogP contribution is -2.48. The van der Waals surface area contributed by atoms with Gasteiger partial charge in [-0.25, -0.2) is 4.79 Å². The highest BCUT2D eigenvalue weighted by atomic mass is 79.9. The van der Waals surface area contributed by atoms with Crippen LogP contribution in [-0.4, -0.2) is 24.8 Å². The van der Waals surface area contributed by atoms with Crippen molar-refractivity contribution in [2.75, 3.05) is 12.0 Å². The molecule has 0 bridgehead atoms. The molecule has 0 N–H and O–H groups in total. The van der Waals surface area contributed by atoms with Crippen molar-refractivity contribution >= 4 is 27.7 Å². The van der Waals surface area contributed by atoms with E-state index < -0.39 is 5.60 Å². The first-order valence-electron chi connectivity index (χ1n) is 8.02. The van der Waals surface area contributed by atoms with Crippen LogP contribution in [0.3, 0.4) is 0 Å². The van der Waals surface area contributed by atoms with Gasteiger partial charge in [0.25, 0.3) is 0 Å². The van der Waals surface area contributed by atoms with Crippen molar-refractivity contribution in [1.82, 2.24) is 0 Å². The molecular weight excluding hydrogens is 358 g/mol. The molecule has 0 radical (unpaired) electrons. The van der Waals surface area contributed by atoms with E-state index in [0.717, 1.165) is 34.3 Å². The molecule has 0 fully saturated rings. The van der Waals surface area contributed by atoms with E-state index in [1.54, 1.807) is 7.11 Å². The lowest BCUT2D eigenvalue weighted by atomic mass is 9.89. The summed E-state index contributed by atoms with van der Waals surface area (Å²) in [6.07, 6.45) is 1.59. The lowest BCUT2D eigenvalue weighted by molar-refractivity contribution is 0.0550. The van der Waals surface area contributed by atoms with Gasteiger partial charge < -0.3 is 9.47 Å². The van der Waals surface area contributed by atoms with Gasteiger partial charge in [0.1, 0.15) is 11.4 Å². The molecular formula is C18H26BrNO3. The molecule has 128 valence electrons. The third-order valence-corrected chi connectivity index (χ3v) is 4.63. The molecule has 0 saturated heterocycles. The molecule has 1 aliphatic rings.